The van der Waals surface area contributed by atoms with Gasteiger partial charge in [0.25, 0.3) is 5.76 Å². The summed E-state index contributed by atoms with van der Waals surface area (Å²) >= 11 is 0.567. The molecule has 1 aliphatic rings. The maximum absolute atomic E-state index is 12.2. The minimum absolute atomic E-state index is 0.567. The molecule has 1 aliphatic heterocycles. The molecule has 18 heavy (non-hydrogen) atoms. The molecule has 0 saturated carbocycles. The largest absolute Gasteiger partial charge is 0.334 e. The topological polar surface area (TPSA) is 17.8 Å². The highest BCUT2D eigenvalue weighted by atomic mass is 32.2. The number of hydrogen-bond donors (Lipinski definition) is 0. The molecule has 0 fully saturated rings. The van der Waals surface area contributed by atoms with Crippen molar-refractivity contribution >= 4 is 11.8 Å². The Labute approximate surface area is 108 Å². The number of thioether (sulfide) groups is 1. The number of aromatic nitrogens is 2. The first-order valence-corrected chi connectivity index (χ1v) is 6.71. The molecule has 0 unspecified atom stereocenters. The van der Waals surface area contributed by atoms with E-state index >= 15 is 0 Å². The van der Waals surface area contributed by atoms with Crippen LogP contribution < -0.4 is 0 Å². The first kappa shape index (κ1) is 11.7. The van der Waals surface area contributed by atoms with Gasteiger partial charge in [-0.1, -0.05) is 23.9 Å². The van der Waals surface area contributed by atoms with E-state index in [1.54, 1.807) is 12.1 Å². The highest BCUT2D eigenvalue weighted by Gasteiger charge is 2.14. The third-order valence-corrected chi connectivity index (χ3v) is 3.76. The Bertz CT molecular complexity index is 527. The second-order valence-electron chi connectivity index (χ2n) is 4.24. The number of aryl methyl sites for hydroxylation is 2. The Morgan fingerprint density at radius 3 is 2.67 bits per heavy atom. The van der Waals surface area contributed by atoms with Crippen LogP contribution in [-0.2, 0) is 13.0 Å². The van der Waals surface area contributed by atoms with Gasteiger partial charge < -0.3 is 4.57 Å². The number of rotatable bonds is 3. The quantitative estimate of drug-likeness (QED) is 0.786. The molecule has 1 aromatic heterocycles. The minimum atomic E-state index is -2.37. The second-order valence-corrected chi connectivity index (χ2v) is 5.31. The van der Waals surface area contributed by atoms with Crippen LogP contribution in [0.4, 0.5) is 8.78 Å². The van der Waals surface area contributed by atoms with Gasteiger partial charge in [-0.3, -0.25) is 0 Å². The van der Waals surface area contributed by atoms with Gasteiger partial charge in [-0.2, -0.15) is 8.78 Å². The number of fused-ring (bicyclic) bond motifs is 1. The predicted octanol–water partition coefficient (Wildman–Crippen LogP) is 3.81. The van der Waals surface area contributed by atoms with E-state index in [4.69, 9.17) is 0 Å². The summed E-state index contributed by atoms with van der Waals surface area (Å²) in [4.78, 5) is 5.14. The van der Waals surface area contributed by atoms with E-state index < -0.39 is 5.76 Å². The van der Waals surface area contributed by atoms with Crippen LogP contribution >= 0.6 is 11.8 Å². The molecule has 2 aromatic rings. The van der Waals surface area contributed by atoms with Gasteiger partial charge in [-0.15, -0.1) is 0 Å². The van der Waals surface area contributed by atoms with Crippen molar-refractivity contribution in [3.63, 3.8) is 0 Å². The molecule has 5 heteroatoms. The van der Waals surface area contributed by atoms with Gasteiger partial charge in [0.2, 0.25) is 0 Å². The van der Waals surface area contributed by atoms with Crippen molar-refractivity contribution in [1.82, 2.24) is 9.55 Å². The minimum Gasteiger partial charge on any atom is -0.334 e. The van der Waals surface area contributed by atoms with E-state index in [2.05, 4.69) is 9.55 Å². The summed E-state index contributed by atoms with van der Waals surface area (Å²) in [6.45, 7) is 1.03. The number of hydrogen-bond acceptors (Lipinski definition) is 2. The molecule has 0 atom stereocenters. The third kappa shape index (κ3) is 2.27. The Hall–Kier alpha value is -1.36. The van der Waals surface area contributed by atoms with Crippen LogP contribution in [0.25, 0.3) is 11.3 Å². The molecule has 0 N–H and O–H groups in total. The Morgan fingerprint density at radius 1 is 1.22 bits per heavy atom. The van der Waals surface area contributed by atoms with E-state index in [-0.39, 0.29) is 0 Å². The number of imidazole rings is 1. The molecule has 2 nitrogen and oxygen atoms in total. The summed E-state index contributed by atoms with van der Waals surface area (Å²) in [5, 5.41) is 0. The molecule has 2 heterocycles. The normalized spacial score (nSPS) is 14.2. The van der Waals surface area contributed by atoms with Crippen molar-refractivity contribution < 1.29 is 8.78 Å². The Balaban J connectivity index is 1.83. The monoisotopic (exact) mass is 266 g/mol. The lowest BCUT2D eigenvalue weighted by atomic mass is 10.2. The SMILES string of the molecule is FC(F)Sc1ccc(-c2cn3c(n2)CCC3)cc1. The summed E-state index contributed by atoms with van der Waals surface area (Å²) in [6.07, 6.45) is 4.23. The molecule has 0 aliphatic carbocycles. The number of benzene rings is 1. The molecular weight excluding hydrogens is 254 g/mol. The summed E-state index contributed by atoms with van der Waals surface area (Å²) < 4.78 is 26.6. The van der Waals surface area contributed by atoms with Gasteiger partial charge in [0.15, 0.2) is 0 Å². The van der Waals surface area contributed by atoms with Crippen LogP contribution in [0.3, 0.4) is 0 Å². The van der Waals surface area contributed by atoms with Gasteiger partial charge in [0, 0.05) is 29.6 Å². The van der Waals surface area contributed by atoms with Crippen LogP contribution in [0.15, 0.2) is 35.4 Å². The van der Waals surface area contributed by atoms with E-state index in [1.165, 1.54) is 0 Å². The number of nitrogens with zero attached hydrogens (tertiary/aromatic N) is 2. The molecule has 0 radical (unpaired) electrons. The molecule has 0 spiro atoms. The lowest BCUT2D eigenvalue weighted by Gasteiger charge is -2.01. The second kappa shape index (κ2) is 4.72. The van der Waals surface area contributed by atoms with Crippen molar-refractivity contribution in [1.29, 1.82) is 0 Å². The highest BCUT2D eigenvalue weighted by molar-refractivity contribution is 7.99. The fourth-order valence-electron chi connectivity index (χ4n) is 2.20. The molecular formula is C13H12F2N2S. The summed E-state index contributed by atoms with van der Waals surface area (Å²) in [7, 11) is 0. The maximum atomic E-state index is 12.2. The van der Waals surface area contributed by atoms with Crippen LogP contribution in [0.1, 0.15) is 12.2 Å². The van der Waals surface area contributed by atoms with Crippen LogP contribution in [0.5, 0.6) is 0 Å². The van der Waals surface area contributed by atoms with Crippen molar-refractivity contribution in [3.8, 4) is 11.3 Å². The highest BCUT2D eigenvalue weighted by Crippen LogP contribution is 2.28. The molecule has 0 amide bonds. The summed E-state index contributed by atoms with van der Waals surface area (Å²) in [5.74, 6) is -1.25. The number of halogens is 2. The maximum Gasteiger partial charge on any atom is 0.288 e. The van der Waals surface area contributed by atoms with Gasteiger partial charge >= 0.3 is 0 Å². The van der Waals surface area contributed by atoms with Gasteiger partial charge in [-0.05, 0) is 18.6 Å². The molecule has 0 bridgehead atoms. The first-order chi connectivity index (χ1) is 8.72. The predicted molar refractivity (Wildman–Crippen MR) is 67.8 cm³/mol. The smallest absolute Gasteiger partial charge is 0.288 e. The Morgan fingerprint density at radius 2 is 2.00 bits per heavy atom. The fourth-order valence-corrected chi connectivity index (χ4v) is 2.70. The fraction of sp³-hybridized carbons (Fsp3) is 0.308. The lowest BCUT2D eigenvalue weighted by molar-refractivity contribution is 0.252. The van der Waals surface area contributed by atoms with Gasteiger partial charge in [0.1, 0.15) is 5.82 Å². The average molecular weight is 266 g/mol. The molecule has 3 rings (SSSR count). The van der Waals surface area contributed by atoms with Crippen LogP contribution in [-0.4, -0.2) is 15.3 Å². The number of alkyl halides is 2. The van der Waals surface area contributed by atoms with E-state index in [0.717, 1.165) is 36.5 Å². The van der Waals surface area contributed by atoms with Crippen molar-refractivity contribution in [2.75, 3.05) is 0 Å². The van der Waals surface area contributed by atoms with E-state index in [0.29, 0.717) is 16.7 Å². The van der Waals surface area contributed by atoms with Crippen LogP contribution in [0, 0.1) is 0 Å². The van der Waals surface area contributed by atoms with Crippen LogP contribution in [0.2, 0.25) is 0 Å². The zero-order chi connectivity index (χ0) is 12.5. The lowest BCUT2D eigenvalue weighted by Crippen LogP contribution is -1.87. The zero-order valence-corrected chi connectivity index (χ0v) is 10.5. The average Bonchev–Trinajstić information content (AvgIpc) is 2.89. The molecule has 94 valence electrons. The summed E-state index contributed by atoms with van der Waals surface area (Å²) in [5.41, 5.74) is 1.91. The summed E-state index contributed by atoms with van der Waals surface area (Å²) in [6, 6.07) is 7.14. The zero-order valence-electron chi connectivity index (χ0n) is 9.64. The Kier molecular flexibility index (Phi) is 3.07. The van der Waals surface area contributed by atoms with E-state index in [9.17, 15) is 8.78 Å². The molecule has 0 saturated heterocycles. The van der Waals surface area contributed by atoms with Crippen molar-refractivity contribution in [3.05, 3.63) is 36.3 Å². The molecule has 1 aromatic carbocycles. The van der Waals surface area contributed by atoms with Crippen molar-refractivity contribution in [2.24, 2.45) is 0 Å². The first-order valence-electron chi connectivity index (χ1n) is 5.84. The van der Waals surface area contributed by atoms with Crippen molar-refractivity contribution in [2.45, 2.75) is 30.0 Å². The standard InChI is InChI=1S/C13H12F2N2S/c14-13(15)18-10-5-3-9(4-6-10)11-8-17-7-1-2-12(17)16-11/h3-6,8,13H,1-2,7H2. The third-order valence-electron chi connectivity index (χ3n) is 3.03. The van der Waals surface area contributed by atoms with Gasteiger partial charge in [-0.25, -0.2) is 4.98 Å². The van der Waals surface area contributed by atoms with E-state index in [1.807, 2.05) is 18.3 Å². The van der Waals surface area contributed by atoms with Gasteiger partial charge in [0.05, 0.1) is 5.69 Å².